The molecular formula is C19H23N3O3. The molecule has 1 aromatic heterocycles. The largest absolute Gasteiger partial charge is 0.497 e. The van der Waals surface area contributed by atoms with Gasteiger partial charge in [-0.15, -0.1) is 0 Å². The fourth-order valence-electron chi connectivity index (χ4n) is 2.76. The van der Waals surface area contributed by atoms with Gasteiger partial charge in [-0.1, -0.05) is 18.2 Å². The van der Waals surface area contributed by atoms with Crippen LogP contribution in [0.15, 0.2) is 42.5 Å². The van der Waals surface area contributed by atoms with Crippen molar-refractivity contribution in [1.29, 1.82) is 0 Å². The molecule has 1 aromatic carbocycles. The first-order valence-electron chi connectivity index (χ1n) is 8.42. The van der Waals surface area contributed by atoms with Gasteiger partial charge < -0.3 is 19.7 Å². The molecule has 1 N–H and O–H groups in total. The second-order valence-electron chi connectivity index (χ2n) is 5.95. The molecule has 1 atom stereocenters. The van der Waals surface area contributed by atoms with Crippen LogP contribution in [0.3, 0.4) is 0 Å². The van der Waals surface area contributed by atoms with E-state index in [0.29, 0.717) is 18.9 Å². The van der Waals surface area contributed by atoms with Crippen molar-refractivity contribution >= 4 is 11.7 Å². The monoisotopic (exact) mass is 341 g/mol. The summed E-state index contributed by atoms with van der Waals surface area (Å²) in [6.07, 6.45) is 0. The summed E-state index contributed by atoms with van der Waals surface area (Å²) in [6.45, 7) is 4.91. The quantitative estimate of drug-likeness (QED) is 0.905. The molecule has 0 bridgehead atoms. The normalized spacial score (nSPS) is 15.5. The molecule has 2 heterocycles. The summed E-state index contributed by atoms with van der Waals surface area (Å²) in [5.41, 5.74) is 1.43. The van der Waals surface area contributed by atoms with Crippen LogP contribution < -0.4 is 15.0 Å². The number of rotatable bonds is 5. The number of methoxy groups -OCH3 is 1. The second kappa shape index (κ2) is 7.98. The minimum Gasteiger partial charge on any atom is -0.497 e. The SMILES string of the molecule is COc1ccc(C(C)NC(=O)c2cccc(N3CCOCC3)n2)cc1. The Balaban J connectivity index is 1.67. The molecule has 1 amide bonds. The number of nitrogens with one attached hydrogen (secondary N) is 1. The van der Waals surface area contributed by atoms with Crippen molar-refractivity contribution in [1.82, 2.24) is 10.3 Å². The van der Waals surface area contributed by atoms with Crippen molar-refractivity contribution in [2.75, 3.05) is 38.3 Å². The van der Waals surface area contributed by atoms with Crippen LogP contribution in [-0.4, -0.2) is 44.3 Å². The van der Waals surface area contributed by atoms with Crippen LogP contribution in [0.5, 0.6) is 5.75 Å². The number of anilines is 1. The van der Waals surface area contributed by atoms with Crippen LogP contribution in [0.25, 0.3) is 0 Å². The van der Waals surface area contributed by atoms with E-state index in [1.807, 2.05) is 43.3 Å². The van der Waals surface area contributed by atoms with E-state index in [-0.39, 0.29) is 11.9 Å². The number of benzene rings is 1. The molecule has 0 spiro atoms. The Hall–Kier alpha value is -2.60. The molecule has 0 aliphatic carbocycles. The number of aromatic nitrogens is 1. The van der Waals surface area contributed by atoms with Crippen LogP contribution in [0.4, 0.5) is 5.82 Å². The third-order valence-electron chi connectivity index (χ3n) is 4.27. The van der Waals surface area contributed by atoms with Crippen LogP contribution in [-0.2, 0) is 4.74 Å². The Morgan fingerprint density at radius 3 is 2.60 bits per heavy atom. The van der Waals surface area contributed by atoms with Gasteiger partial charge in [-0.3, -0.25) is 4.79 Å². The van der Waals surface area contributed by atoms with Crippen LogP contribution in [0.2, 0.25) is 0 Å². The highest BCUT2D eigenvalue weighted by Crippen LogP contribution is 2.18. The maximum absolute atomic E-state index is 12.5. The first-order chi connectivity index (χ1) is 12.2. The topological polar surface area (TPSA) is 63.7 Å². The standard InChI is InChI=1S/C19H23N3O3/c1-14(15-6-8-16(24-2)9-7-15)20-19(23)17-4-3-5-18(21-17)22-10-12-25-13-11-22/h3-9,14H,10-13H2,1-2H3,(H,20,23). The fraction of sp³-hybridized carbons (Fsp3) is 0.368. The number of hydrogen-bond acceptors (Lipinski definition) is 5. The predicted octanol–water partition coefficient (Wildman–Crippen LogP) is 2.42. The maximum atomic E-state index is 12.5. The smallest absolute Gasteiger partial charge is 0.270 e. The van der Waals surface area contributed by atoms with Crippen LogP contribution in [0.1, 0.15) is 29.0 Å². The van der Waals surface area contributed by atoms with Crippen molar-refractivity contribution in [3.63, 3.8) is 0 Å². The highest BCUT2D eigenvalue weighted by Gasteiger charge is 2.16. The maximum Gasteiger partial charge on any atom is 0.270 e. The van der Waals surface area contributed by atoms with Gasteiger partial charge in [0.05, 0.1) is 26.4 Å². The van der Waals surface area contributed by atoms with E-state index in [4.69, 9.17) is 9.47 Å². The first kappa shape index (κ1) is 17.2. The van der Waals surface area contributed by atoms with Crippen LogP contribution in [0, 0.1) is 0 Å². The zero-order valence-corrected chi connectivity index (χ0v) is 14.6. The molecular weight excluding hydrogens is 318 g/mol. The van der Waals surface area contributed by atoms with E-state index in [0.717, 1.165) is 30.2 Å². The van der Waals surface area contributed by atoms with Crippen LogP contribution >= 0.6 is 0 Å². The van der Waals surface area contributed by atoms with Crippen molar-refractivity contribution in [2.45, 2.75) is 13.0 Å². The lowest BCUT2D eigenvalue weighted by Crippen LogP contribution is -2.37. The number of carbonyl (C=O) groups is 1. The molecule has 6 nitrogen and oxygen atoms in total. The van der Waals surface area contributed by atoms with Gasteiger partial charge in [0.25, 0.3) is 5.91 Å². The van der Waals surface area contributed by atoms with Gasteiger partial charge in [-0.05, 0) is 36.8 Å². The molecule has 1 aliphatic rings. The third kappa shape index (κ3) is 4.28. The van der Waals surface area contributed by atoms with Crippen molar-refractivity contribution in [2.24, 2.45) is 0 Å². The lowest BCUT2D eigenvalue weighted by atomic mass is 10.1. The number of morpholine rings is 1. The molecule has 132 valence electrons. The highest BCUT2D eigenvalue weighted by molar-refractivity contribution is 5.92. The summed E-state index contributed by atoms with van der Waals surface area (Å²) in [5, 5.41) is 2.99. The lowest BCUT2D eigenvalue weighted by molar-refractivity contribution is 0.0934. The molecule has 1 aliphatic heterocycles. The number of pyridine rings is 1. The van der Waals surface area contributed by atoms with Gasteiger partial charge in [0.1, 0.15) is 17.3 Å². The fourth-order valence-corrected chi connectivity index (χ4v) is 2.76. The average Bonchev–Trinajstić information content (AvgIpc) is 2.68. The summed E-state index contributed by atoms with van der Waals surface area (Å²) in [6, 6.07) is 13.1. The lowest BCUT2D eigenvalue weighted by Gasteiger charge is -2.28. The number of nitrogens with zero attached hydrogens (tertiary/aromatic N) is 2. The van der Waals surface area contributed by atoms with Crippen molar-refractivity contribution < 1.29 is 14.3 Å². The molecule has 1 fully saturated rings. The summed E-state index contributed by atoms with van der Waals surface area (Å²) < 4.78 is 10.5. The molecule has 0 saturated carbocycles. The highest BCUT2D eigenvalue weighted by atomic mass is 16.5. The molecule has 25 heavy (non-hydrogen) atoms. The molecule has 6 heteroatoms. The Bertz CT molecular complexity index is 712. The van der Waals surface area contributed by atoms with Gasteiger partial charge in [0, 0.05) is 13.1 Å². The number of carbonyl (C=O) groups excluding carboxylic acids is 1. The average molecular weight is 341 g/mol. The molecule has 1 unspecified atom stereocenters. The second-order valence-corrected chi connectivity index (χ2v) is 5.95. The van der Waals surface area contributed by atoms with E-state index in [1.54, 1.807) is 13.2 Å². The zero-order valence-electron chi connectivity index (χ0n) is 14.6. The third-order valence-corrected chi connectivity index (χ3v) is 4.27. The van der Waals surface area contributed by atoms with E-state index >= 15 is 0 Å². The number of ether oxygens (including phenoxy) is 2. The summed E-state index contributed by atoms with van der Waals surface area (Å²) in [7, 11) is 1.63. The summed E-state index contributed by atoms with van der Waals surface area (Å²) in [5.74, 6) is 1.42. The zero-order chi connectivity index (χ0) is 17.6. The van der Waals surface area contributed by atoms with Gasteiger partial charge in [-0.25, -0.2) is 4.98 Å². The predicted molar refractivity (Wildman–Crippen MR) is 96.1 cm³/mol. The Kier molecular flexibility index (Phi) is 5.50. The minimum absolute atomic E-state index is 0.118. The Labute approximate surface area is 147 Å². The van der Waals surface area contributed by atoms with Gasteiger partial charge in [0.15, 0.2) is 0 Å². The van der Waals surface area contributed by atoms with E-state index in [9.17, 15) is 4.79 Å². The van der Waals surface area contributed by atoms with Gasteiger partial charge in [0.2, 0.25) is 0 Å². The van der Waals surface area contributed by atoms with E-state index < -0.39 is 0 Å². The molecule has 0 radical (unpaired) electrons. The van der Waals surface area contributed by atoms with E-state index in [1.165, 1.54) is 0 Å². The number of amides is 1. The number of hydrogen-bond donors (Lipinski definition) is 1. The van der Waals surface area contributed by atoms with Crippen molar-refractivity contribution in [3.8, 4) is 5.75 Å². The Morgan fingerprint density at radius 1 is 1.20 bits per heavy atom. The van der Waals surface area contributed by atoms with Gasteiger partial charge in [-0.2, -0.15) is 0 Å². The Morgan fingerprint density at radius 2 is 1.92 bits per heavy atom. The van der Waals surface area contributed by atoms with E-state index in [2.05, 4.69) is 15.2 Å². The summed E-state index contributed by atoms with van der Waals surface area (Å²) >= 11 is 0. The van der Waals surface area contributed by atoms with Gasteiger partial charge >= 0.3 is 0 Å². The molecule has 2 aromatic rings. The molecule has 3 rings (SSSR count). The summed E-state index contributed by atoms with van der Waals surface area (Å²) in [4.78, 5) is 19.2. The van der Waals surface area contributed by atoms with Crippen molar-refractivity contribution in [3.05, 3.63) is 53.7 Å². The molecule has 1 saturated heterocycles. The first-order valence-corrected chi connectivity index (χ1v) is 8.42. The minimum atomic E-state index is -0.182.